The molecule has 5 heteroatoms. The molecular formula is C22H20N4O. The zero-order chi connectivity index (χ0) is 18.5. The summed E-state index contributed by atoms with van der Waals surface area (Å²) in [4.78, 5) is 9.32. The maximum absolute atomic E-state index is 5.49. The van der Waals surface area contributed by atoms with Gasteiger partial charge in [-0.2, -0.15) is 4.98 Å². The van der Waals surface area contributed by atoms with Crippen molar-refractivity contribution in [1.29, 1.82) is 0 Å². The number of rotatable bonds is 6. The molecule has 0 amide bonds. The van der Waals surface area contributed by atoms with Gasteiger partial charge in [0.05, 0.1) is 12.1 Å². The molecule has 4 rings (SSSR count). The van der Waals surface area contributed by atoms with E-state index >= 15 is 0 Å². The Morgan fingerprint density at radius 3 is 2.22 bits per heavy atom. The highest BCUT2D eigenvalue weighted by molar-refractivity contribution is 5.91. The lowest BCUT2D eigenvalue weighted by molar-refractivity contribution is 0.340. The van der Waals surface area contributed by atoms with Crippen molar-refractivity contribution >= 4 is 34.0 Å². The average molecular weight is 356 g/mol. The van der Waals surface area contributed by atoms with Crippen LogP contribution in [0.5, 0.6) is 5.75 Å². The van der Waals surface area contributed by atoms with E-state index < -0.39 is 0 Å². The van der Waals surface area contributed by atoms with Gasteiger partial charge in [0, 0.05) is 16.8 Å². The number of anilines is 4. The normalized spacial score (nSPS) is 10.6. The van der Waals surface area contributed by atoms with Crippen LogP contribution in [0.1, 0.15) is 6.92 Å². The Kier molecular flexibility index (Phi) is 4.83. The van der Waals surface area contributed by atoms with E-state index in [-0.39, 0.29) is 0 Å². The Labute approximate surface area is 158 Å². The maximum atomic E-state index is 5.49. The summed E-state index contributed by atoms with van der Waals surface area (Å²) in [6.45, 7) is 2.62. The minimum atomic E-state index is 0.538. The summed E-state index contributed by atoms with van der Waals surface area (Å²) >= 11 is 0. The summed E-state index contributed by atoms with van der Waals surface area (Å²) in [7, 11) is 0. The van der Waals surface area contributed by atoms with Gasteiger partial charge in [0.15, 0.2) is 0 Å². The van der Waals surface area contributed by atoms with Gasteiger partial charge in [-0.05, 0) is 55.5 Å². The van der Waals surface area contributed by atoms with Gasteiger partial charge in [-0.3, -0.25) is 0 Å². The van der Waals surface area contributed by atoms with Gasteiger partial charge >= 0.3 is 0 Å². The summed E-state index contributed by atoms with van der Waals surface area (Å²) in [5.41, 5.74) is 2.76. The van der Waals surface area contributed by atoms with Crippen LogP contribution >= 0.6 is 0 Å². The molecule has 0 aliphatic carbocycles. The first-order valence-electron chi connectivity index (χ1n) is 8.90. The lowest BCUT2D eigenvalue weighted by Crippen LogP contribution is -2.02. The summed E-state index contributed by atoms with van der Waals surface area (Å²) < 4.78 is 5.49. The van der Waals surface area contributed by atoms with E-state index in [1.807, 2.05) is 85.8 Å². The third-order valence-corrected chi connectivity index (χ3v) is 4.06. The van der Waals surface area contributed by atoms with Crippen LogP contribution < -0.4 is 15.4 Å². The van der Waals surface area contributed by atoms with Crippen molar-refractivity contribution in [3.05, 3.63) is 78.9 Å². The van der Waals surface area contributed by atoms with Crippen LogP contribution in [0, 0.1) is 0 Å². The number of fused-ring (bicyclic) bond motifs is 1. The average Bonchev–Trinajstić information content (AvgIpc) is 2.71. The largest absolute Gasteiger partial charge is 0.494 e. The number of aromatic nitrogens is 2. The Bertz CT molecular complexity index is 1030. The summed E-state index contributed by atoms with van der Waals surface area (Å²) in [6, 6.07) is 25.7. The molecule has 0 saturated carbocycles. The van der Waals surface area contributed by atoms with Crippen molar-refractivity contribution in [3.8, 4) is 5.75 Å². The van der Waals surface area contributed by atoms with Crippen LogP contribution in [0.15, 0.2) is 78.9 Å². The van der Waals surface area contributed by atoms with E-state index in [1.54, 1.807) is 0 Å². The van der Waals surface area contributed by atoms with E-state index in [0.29, 0.717) is 12.6 Å². The molecule has 0 aliphatic heterocycles. The molecule has 4 aromatic rings. The van der Waals surface area contributed by atoms with Gasteiger partial charge < -0.3 is 15.4 Å². The number of nitrogens with zero attached hydrogens (tertiary/aromatic N) is 2. The molecular weight excluding hydrogens is 336 g/mol. The monoisotopic (exact) mass is 356 g/mol. The molecule has 1 aromatic heterocycles. The molecule has 0 radical (unpaired) electrons. The number of benzene rings is 3. The standard InChI is InChI=1S/C22H20N4O/c1-2-27-18-14-12-17(13-15-18)24-22-25-20-11-7-6-10-19(20)21(26-22)23-16-8-4-3-5-9-16/h3-15H,2H2,1H3,(H2,23,24,25,26). The molecule has 0 spiro atoms. The van der Waals surface area contributed by atoms with Crippen LogP contribution in [-0.2, 0) is 0 Å². The highest BCUT2D eigenvalue weighted by Gasteiger charge is 2.08. The Morgan fingerprint density at radius 2 is 1.44 bits per heavy atom. The second-order valence-corrected chi connectivity index (χ2v) is 5.99. The fourth-order valence-electron chi connectivity index (χ4n) is 2.82. The second-order valence-electron chi connectivity index (χ2n) is 5.99. The van der Waals surface area contributed by atoms with Gasteiger partial charge in [-0.1, -0.05) is 30.3 Å². The van der Waals surface area contributed by atoms with Crippen molar-refractivity contribution in [2.24, 2.45) is 0 Å². The maximum Gasteiger partial charge on any atom is 0.229 e. The molecule has 0 atom stereocenters. The predicted molar refractivity (Wildman–Crippen MR) is 110 cm³/mol. The van der Waals surface area contributed by atoms with E-state index in [9.17, 15) is 0 Å². The van der Waals surface area contributed by atoms with Gasteiger partial charge in [0.2, 0.25) is 5.95 Å². The number of hydrogen-bond donors (Lipinski definition) is 2. The molecule has 0 aliphatic rings. The zero-order valence-electron chi connectivity index (χ0n) is 15.0. The van der Waals surface area contributed by atoms with E-state index in [0.717, 1.165) is 33.8 Å². The fraction of sp³-hybridized carbons (Fsp3) is 0.0909. The second kappa shape index (κ2) is 7.74. The van der Waals surface area contributed by atoms with Gasteiger partial charge in [0.1, 0.15) is 11.6 Å². The predicted octanol–water partition coefficient (Wildman–Crippen LogP) is 5.52. The lowest BCUT2D eigenvalue weighted by Gasteiger charge is -2.12. The topological polar surface area (TPSA) is 59.1 Å². The smallest absolute Gasteiger partial charge is 0.229 e. The Hall–Kier alpha value is -3.60. The fourth-order valence-corrected chi connectivity index (χ4v) is 2.82. The molecule has 5 nitrogen and oxygen atoms in total. The Morgan fingerprint density at radius 1 is 0.741 bits per heavy atom. The van der Waals surface area contributed by atoms with Gasteiger partial charge in [-0.25, -0.2) is 4.98 Å². The van der Waals surface area contributed by atoms with Crippen molar-refractivity contribution in [2.45, 2.75) is 6.92 Å². The summed E-state index contributed by atoms with van der Waals surface area (Å²) in [6.07, 6.45) is 0. The number of ether oxygens (including phenoxy) is 1. The first-order chi connectivity index (χ1) is 13.3. The van der Waals surface area contributed by atoms with Crippen molar-refractivity contribution < 1.29 is 4.74 Å². The highest BCUT2D eigenvalue weighted by Crippen LogP contribution is 2.26. The first-order valence-corrected chi connectivity index (χ1v) is 8.90. The van der Waals surface area contributed by atoms with Crippen molar-refractivity contribution in [2.75, 3.05) is 17.2 Å². The summed E-state index contributed by atoms with van der Waals surface area (Å²) in [5, 5.41) is 7.63. The zero-order valence-corrected chi connectivity index (χ0v) is 15.0. The van der Waals surface area contributed by atoms with Crippen LogP contribution in [0.3, 0.4) is 0 Å². The molecule has 0 fully saturated rings. The lowest BCUT2D eigenvalue weighted by atomic mass is 10.2. The quantitative estimate of drug-likeness (QED) is 0.477. The van der Waals surface area contributed by atoms with Gasteiger partial charge in [-0.15, -0.1) is 0 Å². The minimum absolute atomic E-state index is 0.538. The van der Waals surface area contributed by atoms with Crippen LogP contribution in [0.2, 0.25) is 0 Å². The highest BCUT2D eigenvalue weighted by atomic mass is 16.5. The first kappa shape index (κ1) is 16.8. The van der Waals surface area contributed by atoms with Crippen molar-refractivity contribution in [1.82, 2.24) is 9.97 Å². The van der Waals surface area contributed by atoms with E-state index in [2.05, 4.69) is 20.6 Å². The molecule has 0 bridgehead atoms. The minimum Gasteiger partial charge on any atom is -0.494 e. The number of nitrogens with one attached hydrogen (secondary N) is 2. The van der Waals surface area contributed by atoms with E-state index in [1.165, 1.54) is 0 Å². The summed E-state index contributed by atoms with van der Waals surface area (Å²) in [5.74, 6) is 2.14. The molecule has 3 aromatic carbocycles. The van der Waals surface area contributed by atoms with Crippen LogP contribution in [0.25, 0.3) is 10.9 Å². The number of hydrogen-bond acceptors (Lipinski definition) is 5. The molecule has 2 N–H and O–H groups in total. The molecule has 1 heterocycles. The molecule has 0 saturated heterocycles. The molecule has 134 valence electrons. The van der Waals surface area contributed by atoms with Gasteiger partial charge in [0.25, 0.3) is 0 Å². The van der Waals surface area contributed by atoms with Crippen molar-refractivity contribution in [3.63, 3.8) is 0 Å². The third kappa shape index (κ3) is 3.98. The Balaban J connectivity index is 1.66. The van der Waals surface area contributed by atoms with Crippen LogP contribution in [-0.4, -0.2) is 16.6 Å². The van der Waals surface area contributed by atoms with E-state index in [4.69, 9.17) is 4.74 Å². The molecule has 0 unspecified atom stereocenters. The SMILES string of the molecule is CCOc1ccc(Nc2nc(Nc3ccccc3)c3ccccc3n2)cc1. The number of para-hydroxylation sites is 2. The molecule has 27 heavy (non-hydrogen) atoms. The van der Waals surface area contributed by atoms with Crippen LogP contribution in [0.4, 0.5) is 23.1 Å². The third-order valence-electron chi connectivity index (χ3n) is 4.06.